The predicted molar refractivity (Wildman–Crippen MR) is 86.2 cm³/mol. The van der Waals surface area contributed by atoms with Crippen molar-refractivity contribution in [2.75, 3.05) is 25.4 Å². The van der Waals surface area contributed by atoms with Crippen LogP contribution in [0.5, 0.6) is 0 Å². The largest absolute Gasteiger partial charge is 0.356 e. The second-order valence-electron chi connectivity index (χ2n) is 5.01. The Hall–Kier alpha value is -0.710. The fraction of sp³-hybridized carbons (Fsp3) is 0.533. The zero-order valence-electron chi connectivity index (χ0n) is 11.5. The fourth-order valence-corrected chi connectivity index (χ4v) is 3.23. The van der Waals surface area contributed by atoms with Crippen LogP contribution in [-0.4, -0.2) is 31.3 Å². The van der Waals surface area contributed by atoms with Crippen LogP contribution in [0, 0.1) is 5.92 Å². The summed E-state index contributed by atoms with van der Waals surface area (Å²) in [6.07, 6.45) is 1.99. The normalized spacial score (nSPS) is 18.1. The molecule has 2 N–H and O–H groups in total. The van der Waals surface area contributed by atoms with E-state index < -0.39 is 0 Å². The number of hydrogen-bond donors (Lipinski definition) is 2. The van der Waals surface area contributed by atoms with E-state index in [1.165, 1.54) is 5.56 Å². The minimum atomic E-state index is 0.178. The lowest BCUT2D eigenvalue weighted by Crippen LogP contribution is -2.32. The maximum absolute atomic E-state index is 11.8. The highest BCUT2D eigenvalue weighted by atomic mass is 35.5. The van der Waals surface area contributed by atoms with Gasteiger partial charge in [0, 0.05) is 23.9 Å². The van der Waals surface area contributed by atoms with E-state index in [-0.39, 0.29) is 11.8 Å². The monoisotopic (exact) mass is 312 g/mol. The number of halogens is 1. The number of thioether (sulfide) groups is 1. The van der Waals surface area contributed by atoms with Crippen molar-refractivity contribution in [3.63, 3.8) is 0 Å². The molecule has 0 aromatic heterocycles. The smallest absolute Gasteiger partial charge is 0.224 e. The van der Waals surface area contributed by atoms with E-state index in [0.717, 1.165) is 49.0 Å². The molecule has 1 aliphatic rings. The summed E-state index contributed by atoms with van der Waals surface area (Å²) in [5.41, 5.74) is 1.29. The lowest BCUT2D eigenvalue weighted by molar-refractivity contribution is -0.124. The van der Waals surface area contributed by atoms with E-state index in [1.54, 1.807) is 0 Å². The molecule has 110 valence electrons. The topological polar surface area (TPSA) is 41.1 Å². The van der Waals surface area contributed by atoms with E-state index in [0.29, 0.717) is 0 Å². The maximum atomic E-state index is 11.8. The molecule has 1 atom stereocenters. The molecule has 3 nitrogen and oxygen atoms in total. The summed E-state index contributed by atoms with van der Waals surface area (Å²) >= 11 is 7.74. The number of nitrogens with one attached hydrogen (secondary N) is 2. The Balaban J connectivity index is 1.51. The third-order valence-electron chi connectivity index (χ3n) is 3.38. The van der Waals surface area contributed by atoms with Crippen molar-refractivity contribution in [2.45, 2.75) is 18.6 Å². The molecule has 0 spiro atoms. The number of hydrogen-bond acceptors (Lipinski definition) is 3. The van der Waals surface area contributed by atoms with E-state index in [4.69, 9.17) is 11.6 Å². The summed E-state index contributed by atoms with van der Waals surface area (Å²) in [7, 11) is 0. The first-order valence-corrected chi connectivity index (χ1v) is 8.59. The molecule has 1 aromatic rings. The van der Waals surface area contributed by atoms with Gasteiger partial charge in [0.2, 0.25) is 5.91 Å². The van der Waals surface area contributed by atoms with Gasteiger partial charge in [-0.2, -0.15) is 11.8 Å². The van der Waals surface area contributed by atoms with Crippen molar-refractivity contribution in [2.24, 2.45) is 5.92 Å². The van der Waals surface area contributed by atoms with Crippen LogP contribution in [-0.2, 0) is 10.5 Å². The average Bonchev–Trinajstić information content (AvgIpc) is 2.98. The Labute approximate surface area is 129 Å². The van der Waals surface area contributed by atoms with Crippen LogP contribution in [0.2, 0.25) is 5.02 Å². The van der Waals surface area contributed by atoms with E-state index in [1.807, 2.05) is 23.9 Å². The molecule has 1 fully saturated rings. The van der Waals surface area contributed by atoms with E-state index in [9.17, 15) is 4.79 Å². The molecule has 1 aromatic carbocycles. The standard InChI is InChI=1S/C15H21ClN2OS/c16-14-4-2-12(3-5-14)11-20-9-1-7-18-15(19)13-6-8-17-10-13/h2-5,13,17H,1,6-11H2,(H,18,19)/t13-/m1/s1. The molecule has 0 bridgehead atoms. The van der Waals surface area contributed by atoms with Gasteiger partial charge in [-0.1, -0.05) is 23.7 Å². The molecule has 1 aliphatic heterocycles. The van der Waals surface area contributed by atoms with Crippen LogP contribution >= 0.6 is 23.4 Å². The zero-order valence-corrected chi connectivity index (χ0v) is 13.1. The third-order valence-corrected chi connectivity index (χ3v) is 4.74. The van der Waals surface area contributed by atoms with Crippen LogP contribution < -0.4 is 10.6 Å². The van der Waals surface area contributed by atoms with Crippen molar-refractivity contribution >= 4 is 29.3 Å². The van der Waals surface area contributed by atoms with Gasteiger partial charge in [-0.05, 0) is 42.8 Å². The highest BCUT2D eigenvalue weighted by Gasteiger charge is 2.21. The molecule has 20 heavy (non-hydrogen) atoms. The van der Waals surface area contributed by atoms with Gasteiger partial charge >= 0.3 is 0 Å². The van der Waals surface area contributed by atoms with Crippen LogP contribution in [0.3, 0.4) is 0 Å². The molecule has 1 amide bonds. The molecule has 0 unspecified atom stereocenters. The quantitative estimate of drug-likeness (QED) is 0.761. The number of rotatable bonds is 7. The Bertz CT molecular complexity index is 418. The summed E-state index contributed by atoms with van der Waals surface area (Å²) in [6.45, 7) is 2.58. The van der Waals surface area contributed by atoms with Crippen LogP contribution in [0.1, 0.15) is 18.4 Å². The Morgan fingerprint density at radius 3 is 2.90 bits per heavy atom. The minimum absolute atomic E-state index is 0.178. The average molecular weight is 313 g/mol. The molecule has 2 rings (SSSR count). The van der Waals surface area contributed by atoms with Crippen molar-refractivity contribution in [3.05, 3.63) is 34.9 Å². The maximum Gasteiger partial charge on any atom is 0.224 e. The lowest BCUT2D eigenvalue weighted by Gasteiger charge is -2.09. The van der Waals surface area contributed by atoms with Crippen LogP contribution in [0.4, 0.5) is 0 Å². The van der Waals surface area contributed by atoms with Gasteiger partial charge in [0.05, 0.1) is 5.92 Å². The first kappa shape index (κ1) is 15.7. The van der Waals surface area contributed by atoms with Crippen molar-refractivity contribution in [1.82, 2.24) is 10.6 Å². The molecule has 1 saturated heterocycles. The van der Waals surface area contributed by atoms with Gasteiger partial charge in [0.15, 0.2) is 0 Å². The van der Waals surface area contributed by atoms with Crippen LogP contribution in [0.15, 0.2) is 24.3 Å². The lowest BCUT2D eigenvalue weighted by atomic mass is 10.1. The van der Waals surface area contributed by atoms with E-state index >= 15 is 0 Å². The van der Waals surface area contributed by atoms with Crippen molar-refractivity contribution in [1.29, 1.82) is 0 Å². The number of benzene rings is 1. The first-order valence-electron chi connectivity index (χ1n) is 7.06. The second kappa shape index (κ2) is 8.55. The van der Waals surface area contributed by atoms with E-state index in [2.05, 4.69) is 22.8 Å². The van der Waals surface area contributed by atoms with Gasteiger partial charge in [-0.15, -0.1) is 0 Å². The number of amides is 1. The Morgan fingerprint density at radius 1 is 1.40 bits per heavy atom. The summed E-state index contributed by atoms with van der Waals surface area (Å²) < 4.78 is 0. The molecule has 1 heterocycles. The molecular weight excluding hydrogens is 292 g/mol. The summed E-state index contributed by atoms with van der Waals surface area (Å²) in [5.74, 6) is 2.44. The summed E-state index contributed by atoms with van der Waals surface area (Å²) in [4.78, 5) is 11.8. The molecular formula is C15H21ClN2OS. The van der Waals surface area contributed by atoms with Gasteiger partial charge in [0.1, 0.15) is 0 Å². The molecule has 0 aliphatic carbocycles. The SMILES string of the molecule is O=C(NCCCSCc1ccc(Cl)cc1)[C@@H]1CCNC1. The Morgan fingerprint density at radius 2 is 2.20 bits per heavy atom. The summed E-state index contributed by atoms with van der Waals surface area (Å²) in [5, 5.41) is 7.01. The van der Waals surface area contributed by atoms with Gasteiger partial charge in [-0.3, -0.25) is 4.79 Å². The van der Waals surface area contributed by atoms with Crippen molar-refractivity contribution in [3.8, 4) is 0 Å². The third kappa shape index (κ3) is 5.35. The summed E-state index contributed by atoms with van der Waals surface area (Å²) in [6, 6.07) is 7.97. The fourth-order valence-electron chi connectivity index (χ4n) is 2.18. The highest BCUT2D eigenvalue weighted by molar-refractivity contribution is 7.98. The first-order chi connectivity index (χ1) is 9.75. The highest BCUT2D eigenvalue weighted by Crippen LogP contribution is 2.16. The predicted octanol–water partition coefficient (Wildman–Crippen LogP) is 2.69. The van der Waals surface area contributed by atoms with Gasteiger partial charge < -0.3 is 10.6 Å². The second-order valence-corrected chi connectivity index (χ2v) is 6.55. The van der Waals surface area contributed by atoms with Gasteiger partial charge in [0.25, 0.3) is 0 Å². The Kier molecular flexibility index (Phi) is 6.70. The molecule has 0 saturated carbocycles. The number of carbonyl (C=O) groups excluding carboxylic acids is 1. The molecule has 0 radical (unpaired) electrons. The van der Waals surface area contributed by atoms with Crippen molar-refractivity contribution < 1.29 is 4.79 Å². The van der Waals surface area contributed by atoms with Gasteiger partial charge in [-0.25, -0.2) is 0 Å². The minimum Gasteiger partial charge on any atom is -0.356 e. The number of carbonyl (C=O) groups is 1. The molecule has 5 heteroatoms. The van der Waals surface area contributed by atoms with Crippen LogP contribution in [0.25, 0.3) is 0 Å². The zero-order chi connectivity index (χ0) is 14.2.